The molecule has 1 rings (SSSR count). The van der Waals surface area contributed by atoms with Crippen LogP contribution in [0.5, 0.6) is 0 Å². The summed E-state index contributed by atoms with van der Waals surface area (Å²) in [6.45, 7) is 5.42. The van der Waals surface area contributed by atoms with E-state index in [2.05, 4.69) is 11.9 Å². The monoisotopic (exact) mass is 247 g/mol. The van der Waals surface area contributed by atoms with Crippen LogP contribution < -0.4 is 5.32 Å². The molecule has 0 saturated carbocycles. The van der Waals surface area contributed by atoms with E-state index in [1.54, 1.807) is 24.3 Å². The molecule has 96 valence electrons. The van der Waals surface area contributed by atoms with E-state index in [4.69, 9.17) is 4.74 Å². The lowest BCUT2D eigenvalue weighted by Gasteiger charge is -2.15. The second-order valence-corrected chi connectivity index (χ2v) is 3.72. The van der Waals surface area contributed by atoms with E-state index in [1.807, 2.05) is 13.0 Å². The van der Waals surface area contributed by atoms with Crippen molar-refractivity contribution in [1.82, 2.24) is 5.32 Å². The van der Waals surface area contributed by atoms with Gasteiger partial charge in [-0.25, -0.2) is 4.79 Å². The van der Waals surface area contributed by atoms with Crippen LogP contribution in [-0.2, 0) is 9.53 Å². The number of esters is 1. The molecule has 1 amide bonds. The summed E-state index contributed by atoms with van der Waals surface area (Å²) < 4.78 is 4.91. The fourth-order valence-corrected chi connectivity index (χ4v) is 1.40. The molecule has 4 heteroatoms. The van der Waals surface area contributed by atoms with Crippen LogP contribution in [0.25, 0.3) is 0 Å². The Kier molecular flexibility index (Phi) is 5.64. The van der Waals surface area contributed by atoms with E-state index in [9.17, 15) is 9.59 Å². The standard InChI is InChI=1S/C14H17NO3/c1-3-10-18-14(17)12(4-2)15-13(16)11-8-6-5-7-9-11/h3,5-9,12H,1,4,10H2,2H3,(H,15,16)/t12-/m0/s1. The highest BCUT2D eigenvalue weighted by molar-refractivity contribution is 5.96. The zero-order chi connectivity index (χ0) is 13.4. The molecule has 0 unspecified atom stereocenters. The average Bonchev–Trinajstić information content (AvgIpc) is 2.42. The predicted octanol–water partition coefficient (Wildman–Crippen LogP) is 1.92. The Hall–Kier alpha value is -2.10. The average molecular weight is 247 g/mol. The third kappa shape index (κ3) is 4.05. The number of amides is 1. The third-order valence-corrected chi connectivity index (χ3v) is 2.38. The quantitative estimate of drug-likeness (QED) is 0.617. The summed E-state index contributed by atoms with van der Waals surface area (Å²) in [7, 11) is 0. The third-order valence-electron chi connectivity index (χ3n) is 2.38. The molecular formula is C14H17NO3. The van der Waals surface area contributed by atoms with E-state index in [1.165, 1.54) is 6.08 Å². The molecule has 1 aromatic rings. The molecule has 1 N–H and O–H groups in total. The summed E-state index contributed by atoms with van der Waals surface area (Å²) in [5.41, 5.74) is 0.521. The van der Waals surface area contributed by atoms with Gasteiger partial charge in [0.1, 0.15) is 12.6 Å². The molecule has 1 atom stereocenters. The maximum Gasteiger partial charge on any atom is 0.328 e. The normalized spacial score (nSPS) is 11.4. The number of hydrogen-bond donors (Lipinski definition) is 1. The van der Waals surface area contributed by atoms with Crippen LogP contribution in [0, 0.1) is 0 Å². The number of rotatable bonds is 6. The fourth-order valence-electron chi connectivity index (χ4n) is 1.40. The van der Waals surface area contributed by atoms with Crippen molar-refractivity contribution < 1.29 is 14.3 Å². The maximum atomic E-state index is 11.9. The van der Waals surface area contributed by atoms with Crippen molar-refractivity contribution in [3.8, 4) is 0 Å². The van der Waals surface area contributed by atoms with E-state index in [0.717, 1.165) is 0 Å². The second kappa shape index (κ2) is 7.27. The van der Waals surface area contributed by atoms with Crippen LogP contribution in [0.4, 0.5) is 0 Å². The van der Waals surface area contributed by atoms with Crippen LogP contribution >= 0.6 is 0 Å². The molecule has 0 fully saturated rings. The van der Waals surface area contributed by atoms with E-state index >= 15 is 0 Å². The molecule has 0 aliphatic rings. The van der Waals surface area contributed by atoms with Crippen molar-refractivity contribution in [2.45, 2.75) is 19.4 Å². The number of carbonyl (C=O) groups is 2. The fraction of sp³-hybridized carbons (Fsp3) is 0.286. The molecule has 18 heavy (non-hydrogen) atoms. The Morgan fingerprint density at radius 1 is 1.39 bits per heavy atom. The molecule has 0 bridgehead atoms. The lowest BCUT2D eigenvalue weighted by atomic mass is 10.1. The van der Waals surface area contributed by atoms with Gasteiger partial charge in [-0.15, -0.1) is 0 Å². The summed E-state index contributed by atoms with van der Waals surface area (Å²) in [5.74, 6) is -0.723. The highest BCUT2D eigenvalue weighted by atomic mass is 16.5. The number of hydrogen-bond acceptors (Lipinski definition) is 3. The van der Waals surface area contributed by atoms with E-state index < -0.39 is 12.0 Å². The minimum absolute atomic E-state index is 0.149. The number of ether oxygens (including phenoxy) is 1. The topological polar surface area (TPSA) is 55.4 Å². The van der Waals surface area contributed by atoms with E-state index in [0.29, 0.717) is 12.0 Å². The lowest BCUT2D eigenvalue weighted by Crippen LogP contribution is -2.41. The molecule has 0 radical (unpaired) electrons. The minimum Gasteiger partial charge on any atom is -0.460 e. The first-order chi connectivity index (χ1) is 8.69. The van der Waals surface area contributed by atoms with Crippen LogP contribution in [0.2, 0.25) is 0 Å². The summed E-state index contributed by atoms with van der Waals surface area (Å²) in [6.07, 6.45) is 1.97. The second-order valence-electron chi connectivity index (χ2n) is 3.72. The van der Waals surface area contributed by atoms with Crippen molar-refractivity contribution in [3.63, 3.8) is 0 Å². The zero-order valence-corrected chi connectivity index (χ0v) is 10.4. The molecule has 0 aliphatic heterocycles. The largest absolute Gasteiger partial charge is 0.460 e. The first kappa shape index (κ1) is 14.0. The maximum absolute atomic E-state index is 11.9. The van der Waals surface area contributed by atoms with Gasteiger partial charge in [-0.05, 0) is 18.6 Å². The molecule has 0 spiro atoms. The van der Waals surface area contributed by atoms with Gasteiger partial charge >= 0.3 is 5.97 Å². The molecule has 4 nitrogen and oxygen atoms in total. The van der Waals surface area contributed by atoms with Crippen LogP contribution in [0.3, 0.4) is 0 Å². The smallest absolute Gasteiger partial charge is 0.328 e. The summed E-state index contributed by atoms with van der Waals surface area (Å²) in [6, 6.07) is 8.12. The lowest BCUT2D eigenvalue weighted by molar-refractivity contribution is -0.144. The van der Waals surface area contributed by atoms with Gasteiger partial charge in [-0.2, -0.15) is 0 Å². The molecule has 1 aromatic carbocycles. The minimum atomic E-state index is -0.627. The highest BCUT2D eigenvalue weighted by Gasteiger charge is 2.20. The SMILES string of the molecule is C=CCOC(=O)[C@H](CC)NC(=O)c1ccccc1. The van der Waals surface area contributed by atoms with Gasteiger partial charge in [0, 0.05) is 5.56 Å². The van der Waals surface area contributed by atoms with Crippen molar-refractivity contribution in [2.75, 3.05) is 6.61 Å². The molecular weight excluding hydrogens is 230 g/mol. The summed E-state index contributed by atoms with van der Waals surface area (Å²) in [4.78, 5) is 23.5. The van der Waals surface area contributed by atoms with Gasteiger partial charge < -0.3 is 10.1 Å². The molecule has 0 saturated heterocycles. The van der Waals surface area contributed by atoms with Gasteiger partial charge in [0.2, 0.25) is 0 Å². The van der Waals surface area contributed by atoms with Gasteiger partial charge in [-0.1, -0.05) is 37.8 Å². The van der Waals surface area contributed by atoms with Gasteiger partial charge in [0.25, 0.3) is 5.91 Å². The first-order valence-electron chi connectivity index (χ1n) is 5.82. The van der Waals surface area contributed by atoms with Crippen LogP contribution in [0.1, 0.15) is 23.7 Å². The van der Waals surface area contributed by atoms with Gasteiger partial charge in [-0.3, -0.25) is 4.79 Å². The summed E-state index contributed by atoms with van der Waals surface area (Å²) in [5, 5.41) is 2.64. The van der Waals surface area contributed by atoms with Gasteiger partial charge in [0.05, 0.1) is 0 Å². The molecule has 0 aliphatic carbocycles. The Morgan fingerprint density at radius 2 is 2.06 bits per heavy atom. The number of nitrogens with one attached hydrogen (secondary N) is 1. The highest BCUT2D eigenvalue weighted by Crippen LogP contribution is 2.01. The molecule has 0 aromatic heterocycles. The predicted molar refractivity (Wildman–Crippen MR) is 69.1 cm³/mol. The van der Waals surface area contributed by atoms with Crippen molar-refractivity contribution >= 4 is 11.9 Å². The van der Waals surface area contributed by atoms with Crippen LogP contribution in [-0.4, -0.2) is 24.5 Å². The number of carbonyl (C=O) groups excluding carboxylic acids is 2. The Labute approximate surface area is 107 Å². The Balaban J connectivity index is 2.60. The van der Waals surface area contributed by atoms with E-state index in [-0.39, 0.29) is 12.5 Å². The Morgan fingerprint density at radius 3 is 2.61 bits per heavy atom. The zero-order valence-electron chi connectivity index (χ0n) is 10.4. The molecule has 0 heterocycles. The van der Waals surface area contributed by atoms with Crippen molar-refractivity contribution in [1.29, 1.82) is 0 Å². The van der Waals surface area contributed by atoms with Crippen molar-refractivity contribution in [3.05, 3.63) is 48.6 Å². The number of benzene rings is 1. The van der Waals surface area contributed by atoms with Crippen LogP contribution in [0.15, 0.2) is 43.0 Å². The summed E-state index contributed by atoms with van der Waals surface area (Å²) >= 11 is 0. The van der Waals surface area contributed by atoms with Crippen molar-refractivity contribution in [2.24, 2.45) is 0 Å². The van der Waals surface area contributed by atoms with Gasteiger partial charge in [0.15, 0.2) is 0 Å². The first-order valence-corrected chi connectivity index (χ1v) is 5.82. The Bertz CT molecular complexity index is 414.